The molecule has 0 amide bonds. The van der Waals surface area contributed by atoms with Gasteiger partial charge in [-0.2, -0.15) is 9.97 Å². The lowest BCUT2D eigenvalue weighted by atomic mass is 10.1. The summed E-state index contributed by atoms with van der Waals surface area (Å²) in [6.45, 7) is 1.14. The summed E-state index contributed by atoms with van der Waals surface area (Å²) in [5, 5.41) is 0.0740. The van der Waals surface area contributed by atoms with Crippen molar-refractivity contribution in [3.8, 4) is 0 Å². The lowest BCUT2D eigenvalue weighted by Crippen LogP contribution is -2.38. The fourth-order valence-electron chi connectivity index (χ4n) is 3.57. The SMILES string of the molecule is CO[C@H]1[C@@H](OC(C)=O)[C@H](n2cnc3c(Cl)nc(N)nc32)O[C@@H]1COC(=O)c1ccccc1. The molecule has 1 aromatic carbocycles. The van der Waals surface area contributed by atoms with Crippen LogP contribution in [0.15, 0.2) is 36.7 Å². The Morgan fingerprint density at radius 1 is 1.22 bits per heavy atom. The van der Waals surface area contributed by atoms with E-state index in [1.165, 1.54) is 24.9 Å². The minimum Gasteiger partial charge on any atom is -0.459 e. The number of hydrogen-bond acceptors (Lipinski definition) is 10. The average Bonchev–Trinajstić information content (AvgIpc) is 3.33. The van der Waals surface area contributed by atoms with Crippen molar-refractivity contribution in [2.24, 2.45) is 0 Å². The van der Waals surface area contributed by atoms with E-state index in [0.29, 0.717) is 16.7 Å². The lowest BCUT2D eigenvalue weighted by molar-refractivity contribution is -0.156. The number of nitrogens with zero attached hydrogens (tertiary/aromatic N) is 4. The predicted molar refractivity (Wildman–Crippen MR) is 112 cm³/mol. The molecule has 12 heteroatoms. The molecule has 1 aliphatic heterocycles. The molecule has 4 rings (SSSR count). The van der Waals surface area contributed by atoms with Gasteiger partial charge in [0, 0.05) is 14.0 Å². The summed E-state index contributed by atoms with van der Waals surface area (Å²) >= 11 is 6.12. The van der Waals surface area contributed by atoms with Gasteiger partial charge >= 0.3 is 11.9 Å². The molecule has 0 saturated carbocycles. The number of methoxy groups -OCH3 is 1. The molecular formula is C20H20ClN5O6. The summed E-state index contributed by atoms with van der Waals surface area (Å²) in [4.78, 5) is 36.4. The van der Waals surface area contributed by atoms with E-state index >= 15 is 0 Å². The number of benzene rings is 1. The smallest absolute Gasteiger partial charge is 0.338 e. The van der Waals surface area contributed by atoms with Crippen molar-refractivity contribution >= 4 is 40.7 Å². The first kappa shape index (κ1) is 21.9. The standard InChI is InChI=1S/C20H20ClN5O6/c1-10(27)31-15-14(29-2)12(8-30-19(28)11-6-4-3-5-7-11)32-18(15)26-9-23-13-16(21)24-20(22)25-17(13)26/h3-7,9,12,14-15,18H,8H2,1-2H3,(H2,22,24,25)/t12-,14-,15-,18-/m1/s1. The van der Waals surface area contributed by atoms with Crippen molar-refractivity contribution in [1.29, 1.82) is 0 Å². The van der Waals surface area contributed by atoms with Crippen LogP contribution in [0.5, 0.6) is 0 Å². The minimum absolute atomic E-state index is 0.0529. The molecule has 0 spiro atoms. The second-order valence-corrected chi connectivity index (χ2v) is 7.36. The molecule has 4 atom stereocenters. The van der Waals surface area contributed by atoms with Crippen molar-refractivity contribution < 1.29 is 28.5 Å². The van der Waals surface area contributed by atoms with Crippen LogP contribution in [0.1, 0.15) is 23.5 Å². The molecule has 1 aliphatic rings. The third-order valence-corrected chi connectivity index (χ3v) is 5.18. The number of halogens is 1. The Hall–Kier alpha value is -3.28. The Morgan fingerprint density at radius 2 is 1.97 bits per heavy atom. The van der Waals surface area contributed by atoms with Crippen molar-refractivity contribution in [2.45, 2.75) is 31.5 Å². The highest BCUT2D eigenvalue weighted by Gasteiger charge is 2.49. The Balaban J connectivity index is 1.62. The number of carbonyl (C=O) groups excluding carboxylic acids is 2. The molecule has 3 aromatic rings. The molecule has 3 heterocycles. The van der Waals surface area contributed by atoms with Gasteiger partial charge in [-0.15, -0.1) is 0 Å². The highest BCUT2D eigenvalue weighted by Crippen LogP contribution is 2.36. The molecular weight excluding hydrogens is 442 g/mol. The number of anilines is 1. The van der Waals surface area contributed by atoms with Crippen LogP contribution in [-0.2, 0) is 23.7 Å². The maximum atomic E-state index is 12.4. The highest BCUT2D eigenvalue weighted by atomic mass is 35.5. The summed E-state index contributed by atoms with van der Waals surface area (Å²) in [6.07, 6.45) is -1.82. The van der Waals surface area contributed by atoms with Crippen LogP contribution in [0, 0.1) is 0 Å². The van der Waals surface area contributed by atoms with Crippen LogP contribution in [0.4, 0.5) is 5.95 Å². The van der Waals surface area contributed by atoms with E-state index in [2.05, 4.69) is 15.0 Å². The molecule has 1 saturated heterocycles. The third-order valence-electron chi connectivity index (χ3n) is 4.92. The minimum atomic E-state index is -0.889. The molecule has 2 aromatic heterocycles. The van der Waals surface area contributed by atoms with Crippen molar-refractivity contribution in [2.75, 3.05) is 19.5 Å². The topological polar surface area (TPSA) is 141 Å². The lowest BCUT2D eigenvalue weighted by Gasteiger charge is -2.23. The van der Waals surface area contributed by atoms with E-state index in [1.807, 2.05) is 0 Å². The second-order valence-electron chi connectivity index (χ2n) is 7.00. The summed E-state index contributed by atoms with van der Waals surface area (Å²) in [6, 6.07) is 8.54. The van der Waals surface area contributed by atoms with Crippen LogP contribution >= 0.6 is 11.6 Å². The van der Waals surface area contributed by atoms with Crippen LogP contribution < -0.4 is 5.73 Å². The quantitative estimate of drug-likeness (QED) is 0.426. The molecule has 11 nitrogen and oxygen atoms in total. The Labute approximate surface area is 187 Å². The number of imidazole rings is 1. The van der Waals surface area contributed by atoms with Gasteiger partial charge in [0.15, 0.2) is 23.1 Å². The summed E-state index contributed by atoms with van der Waals surface area (Å²) in [5.74, 6) is -1.11. The van der Waals surface area contributed by atoms with Crippen LogP contribution in [0.2, 0.25) is 5.15 Å². The number of esters is 2. The number of nitrogen functional groups attached to an aromatic ring is 1. The maximum Gasteiger partial charge on any atom is 0.338 e. The predicted octanol–water partition coefficient (Wildman–Crippen LogP) is 1.76. The first-order chi connectivity index (χ1) is 15.4. The van der Waals surface area contributed by atoms with Crippen LogP contribution in [0.3, 0.4) is 0 Å². The molecule has 168 valence electrons. The number of ether oxygens (including phenoxy) is 4. The maximum absolute atomic E-state index is 12.4. The molecule has 0 unspecified atom stereocenters. The van der Waals surface area contributed by atoms with Gasteiger partial charge in [-0.3, -0.25) is 9.36 Å². The first-order valence-electron chi connectivity index (χ1n) is 9.62. The third kappa shape index (κ3) is 4.22. The number of fused-ring (bicyclic) bond motifs is 1. The van der Waals surface area contributed by atoms with Gasteiger partial charge in [0.1, 0.15) is 24.3 Å². The Morgan fingerprint density at radius 3 is 2.66 bits per heavy atom. The number of hydrogen-bond donors (Lipinski definition) is 1. The highest BCUT2D eigenvalue weighted by molar-refractivity contribution is 6.33. The normalized spacial score (nSPS) is 22.7. The number of aromatic nitrogens is 4. The van der Waals surface area contributed by atoms with Crippen LogP contribution in [0.25, 0.3) is 11.2 Å². The number of nitrogens with two attached hydrogens (primary N) is 1. The number of rotatable bonds is 6. The van der Waals surface area contributed by atoms with E-state index in [9.17, 15) is 9.59 Å². The zero-order chi connectivity index (χ0) is 22.8. The molecule has 0 bridgehead atoms. The molecule has 1 fully saturated rings. The van der Waals surface area contributed by atoms with Gasteiger partial charge in [-0.05, 0) is 12.1 Å². The Bertz CT molecular complexity index is 1140. The zero-order valence-electron chi connectivity index (χ0n) is 17.2. The second kappa shape index (κ2) is 9.07. The largest absolute Gasteiger partial charge is 0.459 e. The van der Waals surface area contributed by atoms with Crippen molar-refractivity contribution in [3.05, 3.63) is 47.4 Å². The van der Waals surface area contributed by atoms with Gasteiger partial charge in [-0.25, -0.2) is 9.78 Å². The molecule has 0 radical (unpaired) electrons. The first-order valence-corrected chi connectivity index (χ1v) is 10.00. The monoisotopic (exact) mass is 461 g/mol. The summed E-state index contributed by atoms with van der Waals surface area (Å²) in [7, 11) is 1.45. The molecule has 32 heavy (non-hydrogen) atoms. The van der Waals surface area contributed by atoms with Crippen LogP contribution in [-0.4, -0.2) is 63.5 Å². The Kier molecular flexibility index (Phi) is 6.21. The van der Waals surface area contributed by atoms with Crippen molar-refractivity contribution in [1.82, 2.24) is 19.5 Å². The average molecular weight is 462 g/mol. The zero-order valence-corrected chi connectivity index (χ0v) is 17.9. The van der Waals surface area contributed by atoms with Crippen molar-refractivity contribution in [3.63, 3.8) is 0 Å². The van der Waals surface area contributed by atoms with Gasteiger partial charge in [0.2, 0.25) is 5.95 Å². The summed E-state index contributed by atoms with van der Waals surface area (Å²) in [5.41, 5.74) is 6.72. The number of carbonyl (C=O) groups is 2. The van der Waals surface area contributed by atoms with E-state index in [-0.39, 0.29) is 17.7 Å². The van der Waals surface area contributed by atoms with Gasteiger partial charge < -0.3 is 24.7 Å². The summed E-state index contributed by atoms with van der Waals surface area (Å²) < 4.78 is 24.1. The van der Waals surface area contributed by atoms with E-state index in [1.54, 1.807) is 30.3 Å². The molecule has 2 N–H and O–H groups in total. The van der Waals surface area contributed by atoms with E-state index in [0.717, 1.165) is 0 Å². The fraction of sp³-hybridized carbons (Fsp3) is 0.350. The van der Waals surface area contributed by atoms with Gasteiger partial charge in [-0.1, -0.05) is 29.8 Å². The van der Waals surface area contributed by atoms with E-state index < -0.39 is 36.5 Å². The van der Waals surface area contributed by atoms with E-state index in [4.69, 9.17) is 36.3 Å². The molecule has 0 aliphatic carbocycles. The van der Waals surface area contributed by atoms with Gasteiger partial charge in [0.05, 0.1) is 11.9 Å². The fourth-order valence-corrected chi connectivity index (χ4v) is 3.79. The van der Waals surface area contributed by atoms with Gasteiger partial charge in [0.25, 0.3) is 0 Å².